The molecule has 2 aromatic rings. The Balaban J connectivity index is 1.19. The van der Waals surface area contributed by atoms with Crippen molar-refractivity contribution in [2.24, 2.45) is 11.8 Å². The molecule has 2 atom stereocenters. The van der Waals surface area contributed by atoms with Crippen molar-refractivity contribution in [3.8, 4) is 0 Å². The Labute approximate surface area is 194 Å². The average molecular weight is 434 g/mol. The van der Waals surface area contributed by atoms with E-state index in [1.165, 1.54) is 37.2 Å². The zero-order chi connectivity index (χ0) is 22.2. The minimum absolute atomic E-state index is 0.193. The minimum Gasteiger partial charge on any atom is -0.345 e. The maximum Gasteiger partial charge on any atom is 0.225 e. The van der Waals surface area contributed by atoms with Crippen molar-refractivity contribution < 1.29 is 4.79 Å². The first kappa shape index (κ1) is 23.0. The van der Waals surface area contributed by atoms with Gasteiger partial charge in [-0.2, -0.15) is 0 Å². The van der Waals surface area contributed by atoms with Crippen LogP contribution in [0, 0.1) is 11.8 Å². The quantitative estimate of drug-likeness (QED) is 0.621. The van der Waals surface area contributed by atoms with Crippen LogP contribution in [0.5, 0.6) is 0 Å². The molecule has 1 unspecified atom stereocenters. The predicted octanol–water partition coefficient (Wildman–Crippen LogP) is 4.31. The molecule has 2 fully saturated rings. The molecule has 4 heteroatoms. The summed E-state index contributed by atoms with van der Waals surface area (Å²) >= 11 is 0. The van der Waals surface area contributed by atoms with Crippen LogP contribution in [-0.2, 0) is 17.8 Å². The second-order valence-corrected chi connectivity index (χ2v) is 9.80. The zero-order valence-electron chi connectivity index (χ0n) is 19.7. The number of likely N-dealkylation sites (N-methyl/N-ethyl adjacent to an activating group) is 1. The first-order valence-electron chi connectivity index (χ1n) is 12.4. The lowest BCUT2D eigenvalue weighted by atomic mass is 9.99. The summed E-state index contributed by atoms with van der Waals surface area (Å²) in [5.74, 6) is 1.30. The molecule has 0 radical (unpaired) electrons. The second-order valence-electron chi connectivity index (χ2n) is 9.80. The van der Waals surface area contributed by atoms with E-state index in [1.807, 2.05) is 18.0 Å². The van der Waals surface area contributed by atoms with Crippen molar-refractivity contribution in [2.45, 2.75) is 38.6 Å². The van der Waals surface area contributed by atoms with Gasteiger partial charge in [-0.1, -0.05) is 60.7 Å². The fourth-order valence-electron chi connectivity index (χ4n) is 5.36. The molecule has 0 N–H and O–H groups in total. The number of nitrogens with zero attached hydrogens (tertiary/aromatic N) is 3. The molecule has 4 rings (SSSR count). The Morgan fingerprint density at radius 1 is 0.875 bits per heavy atom. The summed E-state index contributed by atoms with van der Waals surface area (Å²) in [7, 11) is 1.98. The highest BCUT2D eigenvalue weighted by Crippen LogP contribution is 2.24. The monoisotopic (exact) mass is 433 g/mol. The van der Waals surface area contributed by atoms with Gasteiger partial charge in [0.25, 0.3) is 0 Å². The molecular weight excluding hydrogens is 394 g/mol. The highest BCUT2D eigenvalue weighted by molar-refractivity contribution is 5.78. The van der Waals surface area contributed by atoms with E-state index < -0.39 is 0 Å². The first-order chi connectivity index (χ1) is 15.7. The van der Waals surface area contributed by atoms with Crippen molar-refractivity contribution in [2.75, 3.05) is 46.3 Å². The molecule has 1 amide bonds. The van der Waals surface area contributed by atoms with Crippen LogP contribution >= 0.6 is 0 Å². The van der Waals surface area contributed by atoms with E-state index in [2.05, 4.69) is 64.4 Å². The van der Waals surface area contributed by atoms with Crippen LogP contribution in [0.2, 0.25) is 0 Å². The molecule has 4 nitrogen and oxygen atoms in total. The SMILES string of the molecule is CN(CCc1ccccc1)C(=O)C1CCCN(C[C@@H]2CCN(Cc3ccccc3)C2)CC1. The fraction of sp³-hybridized carbons (Fsp3) is 0.536. The van der Waals surface area contributed by atoms with Crippen LogP contribution in [0.4, 0.5) is 0 Å². The minimum atomic E-state index is 0.193. The summed E-state index contributed by atoms with van der Waals surface area (Å²) in [4.78, 5) is 20.2. The van der Waals surface area contributed by atoms with Crippen LogP contribution in [0.25, 0.3) is 0 Å². The number of carbonyl (C=O) groups is 1. The smallest absolute Gasteiger partial charge is 0.225 e. The van der Waals surface area contributed by atoms with Gasteiger partial charge in [0.05, 0.1) is 0 Å². The summed E-state index contributed by atoms with van der Waals surface area (Å²) in [5.41, 5.74) is 2.72. The standard InChI is InChI=1S/C28H39N3O/c1-29(18-14-24-9-4-2-5-10-24)28(32)27-13-8-17-30(20-16-27)22-26-15-19-31(23-26)21-25-11-6-3-7-12-25/h2-7,9-12,26-27H,8,13-23H2,1H3/t26-,27?/m0/s1. The Morgan fingerprint density at radius 3 is 2.31 bits per heavy atom. The number of benzene rings is 2. The van der Waals surface area contributed by atoms with E-state index in [0.29, 0.717) is 5.91 Å². The van der Waals surface area contributed by atoms with Crippen molar-refractivity contribution >= 4 is 5.91 Å². The van der Waals surface area contributed by atoms with Gasteiger partial charge < -0.3 is 9.80 Å². The molecule has 2 heterocycles. The maximum atomic E-state index is 13.0. The summed E-state index contributed by atoms with van der Waals surface area (Å²) in [6.07, 6.45) is 5.42. The maximum absolute atomic E-state index is 13.0. The van der Waals surface area contributed by atoms with Crippen molar-refractivity contribution in [3.63, 3.8) is 0 Å². The summed E-state index contributed by atoms with van der Waals surface area (Å²) in [5, 5.41) is 0. The van der Waals surface area contributed by atoms with Crippen molar-refractivity contribution in [1.29, 1.82) is 0 Å². The number of amides is 1. The number of hydrogen-bond acceptors (Lipinski definition) is 3. The van der Waals surface area contributed by atoms with E-state index in [0.717, 1.165) is 57.8 Å². The molecule has 2 aliphatic heterocycles. The molecule has 172 valence electrons. The van der Waals surface area contributed by atoms with Gasteiger partial charge in [-0.05, 0) is 68.8 Å². The average Bonchev–Trinajstić information content (AvgIpc) is 3.13. The van der Waals surface area contributed by atoms with Crippen LogP contribution in [-0.4, -0.2) is 66.9 Å². The summed E-state index contributed by atoms with van der Waals surface area (Å²) in [6, 6.07) is 21.3. The molecule has 0 aliphatic carbocycles. The van der Waals surface area contributed by atoms with Gasteiger partial charge in [0, 0.05) is 39.1 Å². The van der Waals surface area contributed by atoms with Gasteiger partial charge in [-0.25, -0.2) is 0 Å². The third-order valence-corrected chi connectivity index (χ3v) is 7.26. The highest BCUT2D eigenvalue weighted by Gasteiger charge is 2.28. The van der Waals surface area contributed by atoms with Gasteiger partial charge in [-0.15, -0.1) is 0 Å². The Bertz CT molecular complexity index is 825. The normalized spacial score (nSPS) is 22.5. The van der Waals surface area contributed by atoms with Gasteiger partial charge in [0.1, 0.15) is 0 Å². The molecule has 0 aromatic heterocycles. The van der Waals surface area contributed by atoms with Crippen LogP contribution in [0.3, 0.4) is 0 Å². The van der Waals surface area contributed by atoms with E-state index in [4.69, 9.17) is 0 Å². The third-order valence-electron chi connectivity index (χ3n) is 7.26. The lowest BCUT2D eigenvalue weighted by Crippen LogP contribution is -2.35. The third kappa shape index (κ3) is 6.66. The highest BCUT2D eigenvalue weighted by atomic mass is 16.2. The second kappa shape index (κ2) is 11.6. The van der Waals surface area contributed by atoms with E-state index in [1.54, 1.807) is 0 Å². The number of likely N-dealkylation sites (tertiary alicyclic amines) is 2. The Hall–Kier alpha value is -2.17. The number of carbonyl (C=O) groups excluding carboxylic acids is 1. The van der Waals surface area contributed by atoms with Crippen molar-refractivity contribution in [3.05, 3.63) is 71.8 Å². The van der Waals surface area contributed by atoms with Gasteiger partial charge in [0.15, 0.2) is 0 Å². The Kier molecular flexibility index (Phi) is 8.36. The van der Waals surface area contributed by atoms with E-state index in [-0.39, 0.29) is 5.92 Å². The largest absolute Gasteiger partial charge is 0.345 e. The summed E-state index contributed by atoms with van der Waals surface area (Å²) < 4.78 is 0. The molecule has 2 aromatic carbocycles. The predicted molar refractivity (Wildman–Crippen MR) is 131 cm³/mol. The number of hydrogen-bond donors (Lipinski definition) is 0. The fourth-order valence-corrected chi connectivity index (χ4v) is 5.36. The molecule has 0 spiro atoms. The molecule has 32 heavy (non-hydrogen) atoms. The Morgan fingerprint density at radius 2 is 1.56 bits per heavy atom. The molecule has 0 bridgehead atoms. The van der Waals surface area contributed by atoms with E-state index in [9.17, 15) is 4.79 Å². The van der Waals surface area contributed by atoms with Gasteiger partial charge in [-0.3, -0.25) is 9.69 Å². The van der Waals surface area contributed by atoms with E-state index >= 15 is 0 Å². The summed E-state index contributed by atoms with van der Waals surface area (Å²) in [6.45, 7) is 7.70. The molecule has 2 saturated heterocycles. The first-order valence-corrected chi connectivity index (χ1v) is 12.4. The lowest BCUT2D eigenvalue weighted by Gasteiger charge is -2.25. The van der Waals surface area contributed by atoms with Crippen molar-refractivity contribution in [1.82, 2.24) is 14.7 Å². The lowest BCUT2D eigenvalue weighted by molar-refractivity contribution is -0.134. The van der Waals surface area contributed by atoms with Crippen LogP contribution in [0.15, 0.2) is 60.7 Å². The molecule has 0 saturated carbocycles. The van der Waals surface area contributed by atoms with Gasteiger partial charge >= 0.3 is 0 Å². The topological polar surface area (TPSA) is 26.8 Å². The number of rotatable bonds is 8. The molecular formula is C28H39N3O. The molecule has 2 aliphatic rings. The van der Waals surface area contributed by atoms with Gasteiger partial charge in [0.2, 0.25) is 5.91 Å². The van der Waals surface area contributed by atoms with Crippen LogP contribution in [0.1, 0.15) is 36.8 Å². The van der Waals surface area contributed by atoms with Crippen LogP contribution < -0.4 is 0 Å². The zero-order valence-corrected chi connectivity index (χ0v) is 19.7.